The minimum atomic E-state index is -2.73. The van der Waals surface area contributed by atoms with Crippen molar-refractivity contribution in [1.82, 2.24) is 0 Å². The molecule has 1 aliphatic rings. The first-order chi connectivity index (χ1) is 11.9. The van der Waals surface area contributed by atoms with Crippen molar-refractivity contribution in [2.45, 2.75) is 55.3 Å². The molecule has 1 saturated carbocycles. The molecule has 0 aromatic rings. The molecule has 7 heteroatoms. The third-order valence-corrected chi connectivity index (χ3v) is 6.58. The number of hydrogen-bond donors (Lipinski definition) is 3. The van der Waals surface area contributed by atoms with Crippen LogP contribution < -0.4 is 0 Å². The zero-order valence-electron chi connectivity index (χ0n) is 14.4. The maximum atomic E-state index is 12.0. The van der Waals surface area contributed by atoms with Crippen molar-refractivity contribution >= 4 is 35.3 Å². The largest absolute Gasteiger partial charge is 0.477 e. The van der Waals surface area contributed by atoms with Gasteiger partial charge in [-0.3, -0.25) is 4.79 Å². The Hall–Kier alpha value is -0.760. The van der Waals surface area contributed by atoms with Gasteiger partial charge in [-0.1, -0.05) is 30.0 Å². The van der Waals surface area contributed by atoms with Gasteiger partial charge in [-0.15, -0.1) is 18.3 Å². The van der Waals surface area contributed by atoms with Crippen molar-refractivity contribution in [1.29, 1.82) is 0 Å². The average molecular weight is 389 g/mol. The molecule has 0 aromatic carbocycles. The van der Waals surface area contributed by atoms with Crippen molar-refractivity contribution in [3.8, 4) is 0 Å². The van der Waals surface area contributed by atoms with E-state index in [2.05, 4.69) is 18.7 Å². The van der Waals surface area contributed by atoms with Crippen molar-refractivity contribution in [2.75, 3.05) is 11.5 Å². The van der Waals surface area contributed by atoms with Gasteiger partial charge < -0.3 is 15.3 Å². The lowest BCUT2D eigenvalue weighted by molar-refractivity contribution is -0.174. The van der Waals surface area contributed by atoms with Crippen LogP contribution in [0.5, 0.6) is 0 Å². The smallest absolute Gasteiger partial charge is 0.375 e. The number of carbonyl (C=O) groups excluding carboxylic acids is 1. The third-order valence-electron chi connectivity index (χ3n) is 4.01. The molecule has 0 unspecified atom stereocenters. The number of rotatable bonds is 13. The first kappa shape index (κ1) is 22.3. The molecule has 0 aliphatic heterocycles. The van der Waals surface area contributed by atoms with Gasteiger partial charge in [-0.2, -0.15) is 0 Å². The van der Waals surface area contributed by atoms with E-state index >= 15 is 0 Å². The Labute approximate surface area is 158 Å². The van der Waals surface area contributed by atoms with E-state index in [9.17, 15) is 19.8 Å². The Morgan fingerprint density at radius 1 is 1.24 bits per heavy atom. The second-order valence-corrected chi connectivity index (χ2v) is 8.59. The standard InChI is InChI=1S/C18H28O5S2/c1-2-3-4-5-6-7-9-14-10-11-15(19)16(14)24-12-8-13-25-18(22,23)17(20)21/h2,7,9,14,16,22-23H,1,3-6,8,10-13H2,(H,20,21)/t14-,16+/m0/s1. The molecule has 0 aromatic heterocycles. The van der Waals surface area contributed by atoms with Gasteiger partial charge in [0, 0.05) is 6.42 Å². The van der Waals surface area contributed by atoms with Gasteiger partial charge in [0.1, 0.15) is 5.78 Å². The third kappa shape index (κ3) is 8.44. The van der Waals surface area contributed by atoms with Gasteiger partial charge in [0.2, 0.25) is 0 Å². The Kier molecular flexibility index (Phi) is 10.5. The lowest BCUT2D eigenvalue weighted by atomic mass is 10.1. The van der Waals surface area contributed by atoms with E-state index in [-0.39, 0.29) is 17.0 Å². The number of Topliss-reactive ketones (excluding diaryl/α,β-unsaturated/α-hetero) is 1. The molecule has 2 atom stereocenters. The number of aliphatic hydroxyl groups is 2. The first-order valence-electron chi connectivity index (χ1n) is 8.62. The Morgan fingerprint density at radius 3 is 2.64 bits per heavy atom. The molecular weight excluding hydrogens is 360 g/mol. The fourth-order valence-electron chi connectivity index (χ4n) is 2.62. The van der Waals surface area contributed by atoms with Gasteiger partial charge in [-0.05, 0) is 55.9 Å². The molecule has 1 rings (SSSR count). The molecule has 0 spiro atoms. The van der Waals surface area contributed by atoms with Gasteiger partial charge in [0.15, 0.2) is 0 Å². The number of aliphatic carboxylic acids is 1. The fourth-order valence-corrected chi connectivity index (χ4v) is 4.84. The number of carboxylic acid groups (broad SMARTS) is 1. The Morgan fingerprint density at radius 2 is 1.96 bits per heavy atom. The number of allylic oxidation sites excluding steroid dienone is 3. The van der Waals surface area contributed by atoms with E-state index in [4.69, 9.17) is 5.11 Å². The van der Waals surface area contributed by atoms with Crippen molar-refractivity contribution in [2.24, 2.45) is 5.92 Å². The second kappa shape index (κ2) is 11.8. The van der Waals surface area contributed by atoms with Crippen molar-refractivity contribution in [3.63, 3.8) is 0 Å². The summed E-state index contributed by atoms with van der Waals surface area (Å²) in [5, 5.41) is 24.3. The summed E-state index contributed by atoms with van der Waals surface area (Å²) in [5.41, 5.74) is 0. The maximum Gasteiger partial charge on any atom is 0.375 e. The monoisotopic (exact) mass is 388 g/mol. The van der Waals surface area contributed by atoms with E-state index in [1.54, 1.807) is 11.8 Å². The van der Waals surface area contributed by atoms with Crippen LogP contribution in [-0.4, -0.2) is 48.9 Å². The molecule has 1 aliphatic carbocycles. The maximum absolute atomic E-state index is 12.0. The first-order valence-corrected chi connectivity index (χ1v) is 10.7. The highest BCUT2D eigenvalue weighted by Gasteiger charge is 2.34. The highest BCUT2D eigenvalue weighted by atomic mass is 32.2. The summed E-state index contributed by atoms with van der Waals surface area (Å²) in [6, 6.07) is 0. The molecule has 0 bridgehead atoms. The molecule has 0 heterocycles. The number of carboxylic acids is 1. The van der Waals surface area contributed by atoms with Crippen LogP contribution in [0.3, 0.4) is 0 Å². The lowest BCUT2D eigenvalue weighted by Crippen LogP contribution is -2.34. The summed E-state index contributed by atoms with van der Waals surface area (Å²) in [4.78, 5) is 22.6. The number of ketones is 1. The Balaban J connectivity index is 2.27. The molecule has 25 heavy (non-hydrogen) atoms. The van der Waals surface area contributed by atoms with Gasteiger partial charge >= 0.3 is 11.1 Å². The minimum absolute atomic E-state index is 0.0260. The van der Waals surface area contributed by atoms with Crippen molar-refractivity contribution in [3.05, 3.63) is 24.8 Å². The topological polar surface area (TPSA) is 94.8 Å². The van der Waals surface area contributed by atoms with Crippen LogP contribution in [0.15, 0.2) is 24.8 Å². The van der Waals surface area contributed by atoms with E-state index in [0.717, 1.165) is 32.1 Å². The summed E-state index contributed by atoms with van der Waals surface area (Å²) in [7, 11) is 0. The van der Waals surface area contributed by atoms with Gasteiger partial charge in [0.05, 0.1) is 5.25 Å². The molecule has 1 fully saturated rings. The number of hydrogen-bond acceptors (Lipinski definition) is 6. The van der Waals surface area contributed by atoms with Crippen LogP contribution in [0.1, 0.15) is 44.9 Å². The van der Waals surface area contributed by atoms with E-state index in [1.807, 2.05) is 6.08 Å². The highest BCUT2D eigenvalue weighted by Crippen LogP contribution is 2.34. The van der Waals surface area contributed by atoms with Gasteiger partial charge in [0.25, 0.3) is 0 Å². The number of carbonyl (C=O) groups is 2. The summed E-state index contributed by atoms with van der Waals surface area (Å²) in [6.07, 6.45) is 12.7. The highest BCUT2D eigenvalue weighted by molar-refractivity contribution is 8.01. The lowest BCUT2D eigenvalue weighted by Gasteiger charge is -2.16. The van der Waals surface area contributed by atoms with E-state index in [0.29, 0.717) is 36.1 Å². The zero-order valence-corrected chi connectivity index (χ0v) is 16.1. The molecule has 142 valence electrons. The van der Waals surface area contributed by atoms with Crippen LogP contribution >= 0.6 is 23.5 Å². The summed E-state index contributed by atoms with van der Waals surface area (Å²) >= 11 is 2.18. The molecule has 3 N–H and O–H groups in total. The minimum Gasteiger partial charge on any atom is -0.477 e. The molecule has 0 amide bonds. The molecule has 5 nitrogen and oxygen atoms in total. The normalized spacial score (nSPS) is 21.1. The quantitative estimate of drug-likeness (QED) is 0.253. The van der Waals surface area contributed by atoms with Crippen molar-refractivity contribution < 1.29 is 24.9 Å². The number of thioether (sulfide) groups is 2. The predicted octanol–water partition coefficient (Wildman–Crippen LogP) is 3.22. The van der Waals surface area contributed by atoms with Crippen LogP contribution in [0.4, 0.5) is 0 Å². The van der Waals surface area contributed by atoms with E-state index < -0.39 is 11.1 Å². The zero-order chi connectivity index (χ0) is 18.7. The molecule has 0 radical (unpaired) electrons. The SMILES string of the molecule is C=CCCCCC=C[C@H]1CCC(=O)[C@@H]1SCCCSC(O)(O)C(=O)O. The van der Waals surface area contributed by atoms with E-state index in [1.165, 1.54) is 0 Å². The average Bonchev–Trinajstić information content (AvgIpc) is 2.90. The van der Waals surface area contributed by atoms with Crippen LogP contribution in [0, 0.1) is 5.92 Å². The van der Waals surface area contributed by atoms with Gasteiger partial charge in [-0.25, -0.2) is 4.79 Å². The number of unbranched alkanes of at least 4 members (excludes halogenated alkanes) is 3. The van der Waals surface area contributed by atoms with Crippen LogP contribution in [0.2, 0.25) is 0 Å². The summed E-state index contributed by atoms with van der Waals surface area (Å²) in [6.45, 7) is 3.71. The molecular formula is C18H28O5S2. The summed E-state index contributed by atoms with van der Waals surface area (Å²) < 4.78 is 0. The predicted molar refractivity (Wildman–Crippen MR) is 104 cm³/mol. The Bertz CT molecular complexity index is 476. The molecule has 0 saturated heterocycles. The van der Waals surface area contributed by atoms with Crippen LogP contribution in [-0.2, 0) is 9.59 Å². The summed E-state index contributed by atoms with van der Waals surface area (Å²) in [5.74, 6) is -0.0873. The fraction of sp³-hybridized carbons (Fsp3) is 0.667. The second-order valence-electron chi connectivity index (χ2n) is 6.08. The van der Waals surface area contributed by atoms with Crippen LogP contribution in [0.25, 0.3) is 0 Å².